The molecule has 2 aromatic carbocycles. The number of carbonyl (C=O) groups is 1. The summed E-state index contributed by atoms with van der Waals surface area (Å²) in [5.41, 5.74) is 1.92. The monoisotopic (exact) mass is 437 g/mol. The summed E-state index contributed by atoms with van der Waals surface area (Å²) in [5, 5.41) is 12.4. The number of amides is 2. The lowest BCUT2D eigenvalue weighted by molar-refractivity contribution is 0.190. The Bertz CT molecular complexity index is 1010. The van der Waals surface area contributed by atoms with E-state index in [2.05, 4.69) is 5.32 Å². The molecule has 0 aliphatic heterocycles. The molecule has 0 bridgehead atoms. The molecule has 0 aromatic heterocycles. The lowest BCUT2D eigenvalue weighted by Crippen LogP contribution is -2.35. The molecule has 3 N–H and O–H groups in total. The number of hydrogen-bond donors (Lipinski definition) is 3. The van der Waals surface area contributed by atoms with Crippen molar-refractivity contribution in [2.75, 3.05) is 31.0 Å². The summed E-state index contributed by atoms with van der Waals surface area (Å²) in [6.07, 6.45) is -0.667. The molecule has 0 aliphatic carbocycles. The molecule has 0 radical (unpaired) electrons. The number of aliphatic hydroxyl groups is 1. The van der Waals surface area contributed by atoms with E-state index in [9.17, 15) is 18.3 Å². The molecule has 2 aromatic rings. The van der Waals surface area contributed by atoms with Gasteiger partial charge < -0.3 is 24.8 Å². The fourth-order valence-corrected chi connectivity index (χ4v) is 4.04. The number of benzene rings is 2. The molecule has 2 rings (SSSR count). The maximum absolute atomic E-state index is 12.7. The van der Waals surface area contributed by atoms with E-state index in [1.54, 1.807) is 43.0 Å². The highest BCUT2D eigenvalue weighted by Crippen LogP contribution is 2.28. The van der Waals surface area contributed by atoms with Crippen LogP contribution in [-0.4, -0.2) is 46.5 Å². The predicted molar refractivity (Wildman–Crippen MR) is 115 cm³/mol. The van der Waals surface area contributed by atoms with E-state index in [0.717, 1.165) is 5.69 Å². The van der Waals surface area contributed by atoms with Gasteiger partial charge in [0, 0.05) is 24.0 Å². The first-order valence-electron chi connectivity index (χ1n) is 9.24. The summed E-state index contributed by atoms with van der Waals surface area (Å²) in [7, 11) is -1.48. The summed E-state index contributed by atoms with van der Waals surface area (Å²) in [5.74, 6) is 0.385. The number of aliphatic hydroxyl groups excluding tert-OH is 1. The van der Waals surface area contributed by atoms with Gasteiger partial charge in [-0.25, -0.2) is 17.9 Å². The minimum atomic E-state index is -4.21. The van der Waals surface area contributed by atoms with E-state index >= 15 is 0 Å². The molecule has 0 aliphatic rings. The van der Waals surface area contributed by atoms with Crippen LogP contribution < -0.4 is 24.4 Å². The highest BCUT2D eigenvalue weighted by molar-refractivity contribution is 7.90. The van der Waals surface area contributed by atoms with Gasteiger partial charge in [0.05, 0.1) is 14.2 Å². The first-order valence-corrected chi connectivity index (χ1v) is 10.7. The Labute approximate surface area is 176 Å². The third kappa shape index (κ3) is 5.33. The van der Waals surface area contributed by atoms with Gasteiger partial charge in [-0.05, 0) is 56.7 Å². The van der Waals surface area contributed by atoms with Crippen LogP contribution in [0.5, 0.6) is 11.5 Å². The molecular weight excluding hydrogens is 410 g/mol. The summed E-state index contributed by atoms with van der Waals surface area (Å²) < 4.78 is 37.5. The Balaban J connectivity index is 2.21. The highest BCUT2D eigenvalue weighted by Gasteiger charge is 2.23. The molecule has 164 valence electrons. The van der Waals surface area contributed by atoms with Crippen LogP contribution in [0.15, 0.2) is 41.3 Å². The SMILES string of the molecule is CCN(c1ccc(NC(=O)NS(=O)(=O)c2cc(OC)ccc2OC)c(C)c1)C(C)O. The van der Waals surface area contributed by atoms with Crippen LogP contribution in [0.3, 0.4) is 0 Å². The third-order valence-corrected chi connectivity index (χ3v) is 5.82. The van der Waals surface area contributed by atoms with Crippen molar-refractivity contribution in [2.45, 2.75) is 31.9 Å². The fraction of sp³-hybridized carbons (Fsp3) is 0.350. The Kier molecular flexibility index (Phi) is 7.52. The third-order valence-electron chi connectivity index (χ3n) is 4.47. The number of carbonyl (C=O) groups excluding carboxylic acids is 1. The normalized spacial score (nSPS) is 12.1. The molecule has 1 atom stereocenters. The van der Waals surface area contributed by atoms with Gasteiger partial charge in [-0.1, -0.05) is 0 Å². The minimum Gasteiger partial charge on any atom is -0.497 e. The fourth-order valence-electron chi connectivity index (χ4n) is 2.95. The first-order chi connectivity index (χ1) is 14.1. The molecule has 0 saturated heterocycles. The van der Waals surface area contributed by atoms with E-state index < -0.39 is 22.3 Å². The number of aryl methyl sites for hydroxylation is 1. The maximum atomic E-state index is 12.7. The van der Waals surface area contributed by atoms with Gasteiger partial charge in [0.15, 0.2) is 0 Å². The van der Waals surface area contributed by atoms with E-state index in [-0.39, 0.29) is 10.6 Å². The second-order valence-electron chi connectivity index (χ2n) is 6.49. The topological polar surface area (TPSA) is 117 Å². The summed E-state index contributed by atoms with van der Waals surface area (Å²) in [4.78, 5) is 13.9. The molecule has 10 heteroatoms. The predicted octanol–water partition coefficient (Wildman–Crippen LogP) is 2.69. The minimum absolute atomic E-state index is 0.0782. The lowest BCUT2D eigenvalue weighted by atomic mass is 10.1. The number of ether oxygens (including phenoxy) is 2. The van der Waals surface area contributed by atoms with Crippen molar-refractivity contribution < 1.29 is 27.8 Å². The van der Waals surface area contributed by atoms with Crippen molar-refractivity contribution >= 4 is 27.4 Å². The van der Waals surface area contributed by atoms with E-state index in [1.807, 2.05) is 11.6 Å². The van der Waals surface area contributed by atoms with Crippen molar-refractivity contribution in [3.63, 3.8) is 0 Å². The lowest BCUT2D eigenvalue weighted by Gasteiger charge is -2.27. The molecule has 2 amide bonds. The number of nitrogens with one attached hydrogen (secondary N) is 2. The van der Waals surface area contributed by atoms with Crippen molar-refractivity contribution in [3.05, 3.63) is 42.0 Å². The zero-order chi connectivity index (χ0) is 22.5. The number of methoxy groups -OCH3 is 2. The average molecular weight is 438 g/mol. The van der Waals surface area contributed by atoms with E-state index in [1.165, 1.54) is 26.4 Å². The van der Waals surface area contributed by atoms with Gasteiger partial charge in [-0.3, -0.25) is 0 Å². The number of rotatable bonds is 8. The summed E-state index contributed by atoms with van der Waals surface area (Å²) in [6, 6.07) is 8.52. The number of urea groups is 1. The largest absolute Gasteiger partial charge is 0.497 e. The second kappa shape index (κ2) is 9.68. The van der Waals surface area contributed by atoms with Crippen LogP contribution >= 0.6 is 0 Å². The zero-order valence-corrected chi connectivity index (χ0v) is 18.4. The molecule has 9 nitrogen and oxygen atoms in total. The smallest absolute Gasteiger partial charge is 0.333 e. The first kappa shape index (κ1) is 23.3. The van der Waals surface area contributed by atoms with Gasteiger partial charge in [0.25, 0.3) is 10.0 Å². The second-order valence-corrected chi connectivity index (χ2v) is 8.14. The average Bonchev–Trinajstić information content (AvgIpc) is 2.69. The highest BCUT2D eigenvalue weighted by atomic mass is 32.2. The van der Waals surface area contributed by atoms with Crippen LogP contribution in [0.4, 0.5) is 16.2 Å². The van der Waals surface area contributed by atoms with Crippen LogP contribution in [0.25, 0.3) is 0 Å². The van der Waals surface area contributed by atoms with Gasteiger partial charge in [-0.15, -0.1) is 0 Å². The van der Waals surface area contributed by atoms with Gasteiger partial charge in [0.1, 0.15) is 22.6 Å². The molecular formula is C20H27N3O6S. The standard InChI is InChI=1S/C20H27N3O6S/c1-6-23(14(3)24)15-7-9-17(13(2)11-15)21-20(25)22-30(26,27)19-12-16(28-4)8-10-18(19)29-5/h7-12,14,24H,6H2,1-5H3,(H2,21,22,25). The zero-order valence-electron chi connectivity index (χ0n) is 17.6. The summed E-state index contributed by atoms with van der Waals surface area (Å²) in [6.45, 7) is 5.95. The molecule has 0 saturated carbocycles. The number of sulfonamides is 1. The van der Waals surface area contributed by atoms with Gasteiger partial charge in [0.2, 0.25) is 0 Å². The van der Waals surface area contributed by atoms with Crippen LogP contribution in [0.2, 0.25) is 0 Å². The van der Waals surface area contributed by atoms with Crippen molar-refractivity contribution in [3.8, 4) is 11.5 Å². The number of hydrogen-bond acceptors (Lipinski definition) is 7. The Hall–Kier alpha value is -2.98. The molecule has 0 spiro atoms. The number of anilines is 2. The van der Waals surface area contributed by atoms with E-state index in [0.29, 0.717) is 23.5 Å². The molecule has 1 unspecified atom stereocenters. The Morgan fingerprint density at radius 2 is 1.87 bits per heavy atom. The summed E-state index contributed by atoms with van der Waals surface area (Å²) >= 11 is 0. The molecule has 0 heterocycles. The quantitative estimate of drug-likeness (QED) is 0.544. The van der Waals surface area contributed by atoms with Crippen molar-refractivity contribution in [2.24, 2.45) is 0 Å². The molecule has 0 fully saturated rings. The Morgan fingerprint density at radius 3 is 2.40 bits per heavy atom. The van der Waals surface area contributed by atoms with Crippen molar-refractivity contribution in [1.29, 1.82) is 0 Å². The van der Waals surface area contributed by atoms with Crippen LogP contribution in [-0.2, 0) is 10.0 Å². The van der Waals surface area contributed by atoms with Crippen LogP contribution in [0, 0.1) is 6.92 Å². The van der Waals surface area contributed by atoms with Crippen LogP contribution in [0.1, 0.15) is 19.4 Å². The number of nitrogens with zero attached hydrogens (tertiary/aromatic N) is 1. The van der Waals surface area contributed by atoms with Gasteiger partial charge in [-0.2, -0.15) is 0 Å². The maximum Gasteiger partial charge on any atom is 0.333 e. The molecule has 30 heavy (non-hydrogen) atoms. The van der Waals surface area contributed by atoms with Crippen molar-refractivity contribution in [1.82, 2.24) is 4.72 Å². The van der Waals surface area contributed by atoms with E-state index in [4.69, 9.17) is 9.47 Å². The Morgan fingerprint density at radius 1 is 1.17 bits per heavy atom. The van der Waals surface area contributed by atoms with Gasteiger partial charge >= 0.3 is 6.03 Å².